The van der Waals surface area contributed by atoms with E-state index in [-0.39, 0.29) is 6.04 Å². The molecule has 2 aromatic heterocycles. The number of aryl methyl sites for hydroxylation is 1. The molecule has 0 fully saturated rings. The molecule has 0 aliphatic heterocycles. The molecule has 1 unspecified atom stereocenters. The minimum absolute atomic E-state index is 0.0226. The summed E-state index contributed by atoms with van der Waals surface area (Å²) < 4.78 is 2.02. The van der Waals surface area contributed by atoms with Crippen LogP contribution in [0.4, 0.5) is 0 Å². The predicted octanol–water partition coefficient (Wildman–Crippen LogP) is 2.24. The van der Waals surface area contributed by atoms with Gasteiger partial charge in [-0.1, -0.05) is 13.0 Å². The van der Waals surface area contributed by atoms with Gasteiger partial charge in [-0.2, -0.15) is 0 Å². The highest BCUT2D eigenvalue weighted by molar-refractivity contribution is 5.28. The van der Waals surface area contributed by atoms with Gasteiger partial charge in [-0.15, -0.1) is 0 Å². The second-order valence-corrected chi connectivity index (χ2v) is 4.20. The van der Waals surface area contributed by atoms with E-state index in [0.717, 1.165) is 30.0 Å². The molecular formula is C13H18N4. The Morgan fingerprint density at radius 1 is 1.35 bits per heavy atom. The number of pyridine rings is 1. The minimum atomic E-state index is 0.0226. The molecule has 0 saturated carbocycles. The Morgan fingerprint density at radius 3 is 2.76 bits per heavy atom. The molecule has 90 valence electrons. The molecule has 2 rings (SSSR count). The van der Waals surface area contributed by atoms with E-state index in [2.05, 4.69) is 16.9 Å². The van der Waals surface area contributed by atoms with Crippen LogP contribution >= 0.6 is 0 Å². The van der Waals surface area contributed by atoms with E-state index in [9.17, 15) is 0 Å². The van der Waals surface area contributed by atoms with E-state index in [1.165, 1.54) is 0 Å². The van der Waals surface area contributed by atoms with Crippen molar-refractivity contribution in [3.05, 3.63) is 42.1 Å². The van der Waals surface area contributed by atoms with Crippen LogP contribution in [0.15, 0.2) is 30.7 Å². The summed E-state index contributed by atoms with van der Waals surface area (Å²) in [6, 6.07) is 4.02. The van der Waals surface area contributed by atoms with Gasteiger partial charge in [0.2, 0.25) is 0 Å². The highest BCUT2D eigenvalue weighted by Crippen LogP contribution is 2.13. The molecule has 2 N–H and O–H groups in total. The van der Waals surface area contributed by atoms with Crippen molar-refractivity contribution in [2.75, 3.05) is 0 Å². The van der Waals surface area contributed by atoms with Gasteiger partial charge < -0.3 is 5.73 Å². The van der Waals surface area contributed by atoms with Crippen molar-refractivity contribution < 1.29 is 0 Å². The highest BCUT2D eigenvalue weighted by atomic mass is 15.1. The monoisotopic (exact) mass is 230 g/mol. The summed E-state index contributed by atoms with van der Waals surface area (Å²) in [5, 5.41) is 0. The van der Waals surface area contributed by atoms with Gasteiger partial charge in [0.05, 0.1) is 0 Å². The normalized spacial score (nSPS) is 12.6. The Kier molecular flexibility index (Phi) is 3.54. The second kappa shape index (κ2) is 5.10. The van der Waals surface area contributed by atoms with Gasteiger partial charge in [-0.05, 0) is 25.0 Å². The quantitative estimate of drug-likeness (QED) is 0.876. The van der Waals surface area contributed by atoms with E-state index >= 15 is 0 Å². The van der Waals surface area contributed by atoms with Crippen molar-refractivity contribution in [2.24, 2.45) is 5.73 Å². The van der Waals surface area contributed by atoms with E-state index in [0.29, 0.717) is 0 Å². The third-order valence-electron chi connectivity index (χ3n) is 2.73. The summed E-state index contributed by atoms with van der Waals surface area (Å²) in [7, 11) is 0. The van der Waals surface area contributed by atoms with Crippen molar-refractivity contribution in [3.8, 4) is 5.82 Å². The van der Waals surface area contributed by atoms with Gasteiger partial charge in [0.1, 0.15) is 11.6 Å². The van der Waals surface area contributed by atoms with Crippen molar-refractivity contribution in [1.82, 2.24) is 14.5 Å². The lowest BCUT2D eigenvalue weighted by atomic mass is 10.1. The molecule has 4 heteroatoms. The lowest BCUT2D eigenvalue weighted by Crippen LogP contribution is -2.07. The van der Waals surface area contributed by atoms with Crippen LogP contribution in [0.3, 0.4) is 0 Å². The maximum absolute atomic E-state index is 5.80. The molecule has 0 radical (unpaired) electrons. The molecule has 0 aliphatic carbocycles. The Morgan fingerprint density at radius 2 is 2.18 bits per heavy atom. The Hall–Kier alpha value is -1.68. The summed E-state index contributed by atoms with van der Waals surface area (Å²) in [6.07, 6.45) is 7.62. The smallest absolute Gasteiger partial charge is 0.137 e. The average Bonchev–Trinajstić information content (AvgIpc) is 2.78. The zero-order chi connectivity index (χ0) is 12.3. The molecule has 0 amide bonds. The molecule has 17 heavy (non-hydrogen) atoms. The molecule has 0 aromatic carbocycles. The lowest BCUT2D eigenvalue weighted by molar-refractivity contribution is 0.786. The summed E-state index contributed by atoms with van der Waals surface area (Å²) in [6.45, 7) is 4.10. The summed E-state index contributed by atoms with van der Waals surface area (Å²) in [5.74, 6) is 1.95. The van der Waals surface area contributed by atoms with Gasteiger partial charge in [0.25, 0.3) is 0 Å². The van der Waals surface area contributed by atoms with Crippen LogP contribution in [-0.4, -0.2) is 14.5 Å². The largest absolute Gasteiger partial charge is 0.324 e. The number of nitrogens with two attached hydrogens (primary N) is 1. The van der Waals surface area contributed by atoms with Crippen LogP contribution in [0.1, 0.15) is 37.7 Å². The Balaban J connectivity index is 2.30. The minimum Gasteiger partial charge on any atom is -0.324 e. The van der Waals surface area contributed by atoms with E-state index in [1.807, 2.05) is 42.2 Å². The van der Waals surface area contributed by atoms with Crippen molar-refractivity contribution in [1.29, 1.82) is 0 Å². The highest BCUT2D eigenvalue weighted by Gasteiger charge is 2.06. The molecular weight excluding hydrogens is 212 g/mol. The standard InChI is InChI=1S/C13H18N4/c1-3-4-12-15-7-8-17(12)13-6-5-11(9-16-13)10(2)14/h5-10H,3-4,14H2,1-2H3. The molecule has 0 aliphatic rings. The van der Waals surface area contributed by atoms with E-state index < -0.39 is 0 Å². The van der Waals surface area contributed by atoms with Crippen LogP contribution in [0.2, 0.25) is 0 Å². The first kappa shape index (κ1) is 11.8. The van der Waals surface area contributed by atoms with Crippen LogP contribution in [0, 0.1) is 0 Å². The van der Waals surface area contributed by atoms with Crippen LogP contribution in [0.25, 0.3) is 5.82 Å². The van der Waals surface area contributed by atoms with Gasteiger partial charge in [-0.25, -0.2) is 9.97 Å². The van der Waals surface area contributed by atoms with Gasteiger partial charge in [0, 0.05) is 31.1 Å². The third-order valence-corrected chi connectivity index (χ3v) is 2.73. The number of nitrogens with zero attached hydrogens (tertiary/aromatic N) is 3. The van der Waals surface area contributed by atoms with E-state index in [4.69, 9.17) is 5.73 Å². The molecule has 4 nitrogen and oxygen atoms in total. The molecule has 0 saturated heterocycles. The lowest BCUT2D eigenvalue weighted by Gasteiger charge is -2.08. The summed E-state index contributed by atoms with van der Waals surface area (Å²) in [4.78, 5) is 8.77. The predicted molar refractivity (Wildman–Crippen MR) is 68.0 cm³/mol. The first-order valence-corrected chi connectivity index (χ1v) is 5.96. The molecule has 0 spiro atoms. The van der Waals surface area contributed by atoms with Crippen molar-refractivity contribution in [2.45, 2.75) is 32.7 Å². The summed E-state index contributed by atoms with van der Waals surface area (Å²) >= 11 is 0. The fourth-order valence-corrected chi connectivity index (χ4v) is 1.76. The number of imidazole rings is 1. The number of rotatable bonds is 4. The molecule has 2 aromatic rings. The van der Waals surface area contributed by atoms with Gasteiger partial charge >= 0.3 is 0 Å². The maximum atomic E-state index is 5.80. The Labute approximate surface area is 102 Å². The third kappa shape index (κ3) is 2.53. The maximum Gasteiger partial charge on any atom is 0.137 e. The zero-order valence-corrected chi connectivity index (χ0v) is 10.3. The first-order chi connectivity index (χ1) is 8.22. The number of hydrogen-bond donors (Lipinski definition) is 1. The topological polar surface area (TPSA) is 56.7 Å². The van der Waals surface area contributed by atoms with Crippen molar-refractivity contribution in [3.63, 3.8) is 0 Å². The molecule has 1 atom stereocenters. The average molecular weight is 230 g/mol. The Bertz CT molecular complexity index is 470. The number of aromatic nitrogens is 3. The van der Waals surface area contributed by atoms with Gasteiger partial charge in [-0.3, -0.25) is 4.57 Å². The number of hydrogen-bond acceptors (Lipinski definition) is 3. The SMILES string of the molecule is CCCc1nccn1-c1ccc(C(C)N)cn1. The molecule has 2 heterocycles. The van der Waals surface area contributed by atoms with Gasteiger partial charge in [0.15, 0.2) is 0 Å². The van der Waals surface area contributed by atoms with Crippen molar-refractivity contribution >= 4 is 0 Å². The fourth-order valence-electron chi connectivity index (χ4n) is 1.76. The first-order valence-electron chi connectivity index (χ1n) is 5.96. The zero-order valence-electron chi connectivity index (χ0n) is 10.3. The van der Waals surface area contributed by atoms with E-state index in [1.54, 1.807) is 0 Å². The summed E-state index contributed by atoms with van der Waals surface area (Å²) in [5.41, 5.74) is 6.85. The second-order valence-electron chi connectivity index (χ2n) is 4.20. The fraction of sp³-hybridized carbons (Fsp3) is 0.385. The molecule has 0 bridgehead atoms. The van der Waals surface area contributed by atoms with Crippen LogP contribution in [0.5, 0.6) is 0 Å². The van der Waals surface area contributed by atoms with Crippen LogP contribution < -0.4 is 5.73 Å². The van der Waals surface area contributed by atoms with Crippen LogP contribution in [-0.2, 0) is 6.42 Å².